The van der Waals surface area contributed by atoms with Crippen LogP contribution in [0.25, 0.3) is 0 Å². The first-order valence-electron chi connectivity index (χ1n) is 6.05. The van der Waals surface area contributed by atoms with E-state index >= 15 is 0 Å². The number of nitrogens with two attached hydrogens (primary N) is 1. The molecule has 1 saturated heterocycles. The number of carbonyl (C=O) groups is 1. The third-order valence-corrected chi connectivity index (χ3v) is 3.38. The van der Waals surface area contributed by atoms with Crippen LogP contribution in [-0.2, 0) is 4.79 Å². The quantitative estimate of drug-likeness (QED) is 0.273. The maximum atomic E-state index is 11.8. The van der Waals surface area contributed by atoms with Crippen molar-refractivity contribution in [1.82, 2.24) is 10.2 Å². The topological polar surface area (TPSA) is 91.0 Å². The number of rotatable bonds is 5. The fourth-order valence-corrected chi connectivity index (χ4v) is 2.18. The van der Waals surface area contributed by atoms with Crippen LogP contribution in [0.3, 0.4) is 0 Å². The van der Waals surface area contributed by atoms with Gasteiger partial charge in [-0.2, -0.15) is 0 Å². The summed E-state index contributed by atoms with van der Waals surface area (Å²) in [6.45, 7) is 3.55. The summed E-state index contributed by atoms with van der Waals surface area (Å²) in [5.41, 5.74) is 5.47. The Hall–Kier alpha value is -1.30. The van der Waals surface area contributed by atoms with Gasteiger partial charge in [0.1, 0.15) is 0 Å². The number of hydrogen-bond acceptors (Lipinski definition) is 4. The van der Waals surface area contributed by atoms with Crippen LogP contribution in [0.2, 0.25) is 0 Å². The van der Waals surface area contributed by atoms with Gasteiger partial charge in [-0.15, -0.1) is 0 Å². The van der Waals surface area contributed by atoms with Crippen molar-refractivity contribution < 1.29 is 10.0 Å². The van der Waals surface area contributed by atoms with Crippen LogP contribution in [0.1, 0.15) is 26.2 Å². The zero-order valence-corrected chi connectivity index (χ0v) is 10.5. The highest BCUT2D eigenvalue weighted by atomic mass is 16.4. The standard InChI is InChI=1S/C11H22N4O2/c1-3-9(10(12)14-17)11(16)13-7-8-5-4-6-15(8)2/h8-9,17H,3-7H2,1-2H3,(H2,12,14)(H,13,16). The summed E-state index contributed by atoms with van der Waals surface area (Å²) >= 11 is 0. The lowest BCUT2D eigenvalue weighted by atomic mass is 10.0. The van der Waals surface area contributed by atoms with Crippen LogP contribution in [0.15, 0.2) is 5.16 Å². The minimum atomic E-state index is -0.535. The molecular formula is C11H22N4O2. The van der Waals surface area contributed by atoms with Crippen molar-refractivity contribution in [3.63, 3.8) is 0 Å². The Morgan fingerprint density at radius 2 is 2.41 bits per heavy atom. The molecule has 0 bridgehead atoms. The molecule has 1 fully saturated rings. The summed E-state index contributed by atoms with van der Waals surface area (Å²) in [6, 6.07) is 0.406. The van der Waals surface area contributed by atoms with E-state index in [1.165, 1.54) is 6.42 Å². The molecule has 6 nitrogen and oxygen atoms in total. The van der Waals surface area contributed by atoms with Gasteiger partial charge in [-0.25, -0.2) is 0 Å². The average Bonchev–Trinajstić information content (AvgIpc) is 2.72. The van der Waals surface area contributed by atoms with Gasteiger partial charge in [-0.1, -0.05) is 12.1 Å². The van der Waals surface area contributed by atoms with Crippen LogP contribution >= 0.6 is 0 Å². The predicted molar refractivity (Wildman–Crippen MR) is 65.9 cm³/mol. The molecule has 0 aromatic carbocycles. The van der Waals surface area contributed by atoms with Crippen molar-refractivity contribution in [2.24, 2.45) is 16.8 Å². The lowest BCUT2D eigenvalue weighted by Crippen LogP contribution is -2.43. The molecule has 0 saturated carbocycles. The molecule has 2 atom stereocenters. The molecule has 0 spiro atoms. The largest absolute Gasteiger partial charge is 0.409 e. The maximum Gasteiger partial charge on any atom is 0.230 e. The Labute approximate surface area is 102 Å². The minimum Gasteiger partial charge on any atom is -0.409 e. The molecule has 1 rings (SSSR count). The lowest BCUT2D eigenvalue weighted by molar-refractivity contribution is -0.123. The molecule has 1 heterocycles. The normalized spacial score (nSPS) is 23.6. The molecule has 17 heavy (non-hydrogen) atoms. The summed E-state index contributed by atoms with van der Waals surface area (Å²) in [6.07, 6.45) is 2.81. The summed E-state index contributed by atoms with van der Waals surface area (Å²) < 4.78 is 0. The van der Waals surface area contributed by atoms with Crippen molar-refractivity contribution in [2.45, 2.75) is 32.2 Å². The highest BCUT2D eigenvalue weighted by Crippen LogP contribution is 2.13. The Morgan fingerprint density at radius 3 is 2.88 bits per heavy atom. The van der Waals surface area contributed by atoms with Gasteiger partial charge in [0.15, 0.2) is 5.84 Å². The predicted octanol–water partition coefficient (Wildman–Crippen LogP) is -0.0306. The second-order valence-corrected chi connectivity index (χ2v) is 4.51. The van der Waals surface area contributed by atoms with E-state index in [4.69, 9.17) is 10.9 Å². The number of carbonyl (C=O) groups excluding carboxylic acids is 1. The van der Waals surface area contributed by atoms with Crippen molar-refractivity contribution in [3.05, 3.63) is 0 Å². The second kappa shape index (κ2) is 6.44. The summed E-state index contributed by atoms with van der Waals surface area (Å²) in [4.78, 5) is 14.1. The molecule has 6 heteroatoms. The van der Waals surface area contributed by atoms with Gasteiger partial charge in [-0.3, -0.25) is 4.79 Å². The maximum absolute atomic E-state index is 11.8. The molecule has 1 aliphatic heterocycles. The first-order valence-corrected chi connectivity index (χ1v) is 6.05. The Morgan fingerprint density at radius 1 is 1.71 bits per heavy atom. The van der Waals surface area contributed by atoms with Gasteiger partial charge >= 0.3 is 0 Å². The number of likely N-dealkylation sites (N-methyl/N-ethyl adjacent to an activating group) is 1. The Kier molecular flexibility index (Phi) is 5.21. The van der Waals surface area contributed by atoms with Gasteiger partial charge in [0.25, 0.3) is 0 Å². The van der Waals surface area contributed by atoms with Gasteiger partial charge in [0.05, 0.1) is 5.92 Å². The Balaban J connectivity index is 2.42. The van der Waals surface area contributed by atoms with E-state index in [9.17, 15) is 4.79 Å². The van der Waals surface area contributed by atoms with E-state index in [2.05, 4.69) is 22.4 Å². The van der Waals surface area contributed by atoms with E-state index in [0.29, 0.717) is 19.0 Å². The third-order valence-electron chi connectivity index (χ3n) is 3.38. The van der Waals surface area contributed by atoms with Crippen molar-refractivity contribution in [1.29, 1.82) is 0 Å². The highest BCUT2D eigenvalue weighted by molar-refractivity contribution is 6.01. The number of nitrogens with zero attached hydrogens (tertiary/aromatic N) is 2. The molecular weight excluding hydrogens is 220 g/mol. The van der Waals surface area contributed by atoms with Gasteiger partial charge in [0, 0.05) is 12.6 Å². The molecule has 0 aromatic heterocycles. The summed E-state index contributed by atoms with van der Waals surface area (Å²) in [5.74, 6) is -0.723. The van der Waals surface area contributed by atoms with E-state index in [0.717, 1.165) is 13.0 Å². The van der Waals surface area contributed by atoms with E-state index in [-0.39, 0.29) is 11.7 Å². The smallest absolute Gasteiger partial charge is 0.230 e. The number of nitrogens with one attached hydrogen (secondary N) is 1. The molecule has 1 amide bonds. The molecule has 0 radical (unpaired) electrons. The molecule has 0 aliphatic carbocycles. The number of oxime groups is 1. The highest BCUT2D eigenvalue weighted by Gasteiger charge is 2.24. The van der Waals surface area contributed by atoms with Gasteiger partial charge < -0.3 is 21.2 Å². The number of amidine groups is 1. The summed E-state index contributed by atoms with van der Waals surface area (Å²) in [5, 5.41) is 14.3. The van der Waals surface area contributed by atoms with Crippen molar-refractivity contribution >= 4 is 11.7 Å². The van der Waals surface area contributed by atoms with E-state index < -0.39 is 5.92 Å². The monoisotopic (exact) mass is 242 g/mol. The van der Waals surface area contributed by atoms with Crippen LogP contribution in [0.4, 0.5) is 0 Å². The third kappa shape index (κ3) is 3.59. The zero-order valence-electron chi connectivity index (χ0n) is 10.5. The molecule has 0 aromatic rings. The van der Waals surface area contributed by atoms with Crippen molar-refractivity contribution in [3.8, 4) is 0 Å². The van der Waals surface area contributed by atoms with Crippen LogP contribution in [0.5, 0.6) is 0 Å². The molecule has 4 N–H and O–H groups in total. The fourth-order valence-electron chi connectivity index (χ4n) is 2.18. The number of hydrogen-bond donors (Lipinski definition) is 3. The zero-order chi connectivity index (χ0) is 12.8. The minimum absolute atomic E-state index is 0.0234. The number of amides is 1. The fraction of sp³-hybridized carbons (Fsp3) is 0.818. The van der Waals surface area contributed by atoms with Crippen LogP contribution in [-0.4, -0.2) is 48.0 Å². The first-order chi connectivity index (χ1) is 8.10. The van der Waals surface area contributed by atoms with Crippen LogP contribution < -0.4 is 11.1 Å². The Bertz CT molecular complexity index is 293. The summed E-state index contributed by atoms with van der Waals surface area (Å²) in [7, 11) is 2.06. The first kappa shape index (κ1) is 13.8. The van der Waals surface area contributed by atoms with E-state index in [1.54, 1.807) is 0 Å². The average molecular weight is 242 g/mol. The van der Waals surface area contributed by atoms with E-state index in [1.807, 2.05) is 6.92 Å². The van der Waals surface area contributed by atoms with Crippen molar-refractivity contribution in [2.75, 3.05) is 20.1 Å². The number of likely N-dealkylation sites (tertiary alicyclic amines) is 1. The van der Waals surface area contributed by atoms with Gasteiger partial charge in [0.2, 0.25) is 5.91 Å². The molecule has 98 valence electrons. The van der Waals surface area contributed by atoms with Gasteiger partial charge in [-0.05, 0) is 32.9 Å². The second-order valence-electron chi connectivity index (χ2n) is 4.51. The SMILES string of the molecule is CCC(C(=O)NCC1CCCN1C)C(N)=NO. The van der Waals surface area contributed by atoms with Crippen LogP contribution in [0, 0.1) is 5.92 Å². The lowest BCUT2D eigenvalue weighted by Gasteiger charge is -2.21. The molecule has 1 aliphatic rings. The molecule has 2 unspecified atom stereocenters.